The van der Waals surface area contributed by atoms with Gasteiger partial charge >= 0.3 is 0 Å². The van der Waals surface area contributed by atoms with Gasteiger partial charge in [0.25, 0.3) is 5.69 Å². The molecule has 0 heterocycles. The van der Waals surface area contributed by atoms with E-state index in [0.29, 0.717) is 5.56 Å². The third kappa shape index (κ3) is 1.36. The van der Waals surface area contributed by atoms with E-state index in [4.69, 9.17) is 0 Å². The molecule has 0 aliphatic heterocycles. The van der Waals surface area contributed by atoms with Gasteiger partial charge in [-0.15, -0.1) is 0 Å². The van der Waals surface area contributed by atoms with Gasteiger partial charge in [0, 0.05) is 17.7 Å². The van der Waals surface area contributed by atoms with Crippen molar-refractivity contribution in [1.29, 1.82) is 0 Å². The van der Waals surface area contributed by atoms with E-state index in [1.165, 1.54) is 18.2 Å². The summed E-state index contributed by atoms with van der Waals surface area (Å²) in [6, 6.07) is 3.73. The maximum Gasteiger partial charge on any atom is 0.269 e. The second-order valence-corrected chi connectivity index (χ2v) is 3.98. The van der Waals surface area contributed by atoms with Crippen LogP contribution < -0.4 is 0 Å². The Kier molecular flexibility index (Phi) is 1.80. The highest BCUT2D eigenvalue weighted by Crippen LogP contribution is 2.49. The molecule has 4 heteroatoms. The van der Waals surface area contributed by atoms with Gasteiger partial charge in [-0.2, -0.15) is 0 Å². The maximum absolute atomic E-state index is 13.3. The summed E-state index contributed by atoms with van der Waals surface area (Å²) in [6.45, 7) is 1.93. The molecule has 2 rings (SSSR count). The van der Waals surface area contributed by atoms with E-state index in [0.717, 1.165) is 12.8 Å². The highest BCUT2D eigenvalue weighted by Gasteiger charge is 2.41. The number of hydrogen-bond donors (Lipinski definition) is 0. The highest BCUT2D eigenvalue weighted by atomic mass is 19.1. The van der Waals surface area contributed by atoms with E-state index in [1.807, 2.05) is 6.92 Å². The molecule has 0 bridgehead atoms. The van der Waals surface area contributed by atoms with Crippen LogP contribution in [-0.2, 0) is 5.41 Å². The van der Waals surface area contributed by atoms with Crippen molar-refractivity contribution < 1.29 is 9.31 Å². The van der Waals surface area contributed by atoms with Crippen LogP contribution in [0.1, 0.15) is 25.3 Å². The molecular formula is C10H10FNO2. The Morgan fingerprint density at radius 1 is 1.50 bits per heavy atom. The molecule has 74 valence electrons. The van der Waals surface area contributed by atoms with Gasteiger partial charge in [-0.1, -0.05) is 6.92 Å². The minimum absolute atomic E-state index is 0.0328. The number of non-ortho nitro benzene ring substituents is 1. The number of nitro benzene ring substituents is 1. The van der Waals surface area contributed by atoms with Crippen LogP contribution in [0.15, 0.2) is 18.2 Å². The van der Waals surface area contributed by atoms with Gasteiger partial charge in [-0.05, 0) is 24.3 Å². The average Bonchev–Trinajstić information content (AvgIpc) is 2.85. The summed E-state index contributed by atoms with van der Waals surface area (Å²) in [7, 11) is 0. The Morgan fingerprint density at radius 3 is 2.64 bits per heavy atom. The largest absolute Gasteiger partial charge is 0.269 e. The molecule has 1 aromatic rings. The fourth-order valence-corrected chi connectivity index (χ4v) is 1.55. The molecule has 0 unspecified atom stereocenters. The quantitative estimate of drug-likeness (QED) is 0.538. The van der Waals surface area contributed by atoms with Crippen molar-refractivity contribution in [2.45, 2.75) is 25.2 Å². The smallest absolute Gasteiger partial charge is 0.258 e. The molecule has 0 atom stereocenters. The zero-order valence-corrected chi connectivity index (χ0v) is 7.79. The van der Waals surface area contributed by atoms with Crippen LogP contribution in [0.2, 0.25) is 0 Å². The summed E-state index contributed by atoms with van der Waals surface area (Å²) in [5.41, 5.74) is 0.275. The van der Waals surface area contributed by atoms with Crippen molar-refractivity contribution in [2.24, 2.45) is 0 Å². The van der Waals surface area contributed by atoms with Crippen molar-refractivity contribution >= 4 is 5.69 Å². The summed E-state index contributed by atoms with van der Waals surface area (Å²) < 4.78 is 13.3. The van der Waals surface area contributed by atoms with Gasteiger partial charge in [0.1, 0.15) is 5.82 Å². The molecule has 0 amide bonds. The molecule has 1 fully saturated rings. The predicted octanol–water partition coefficient (Wildman–Crippen LogP) is 2.79. The lowest BCUT2D eigenvalue weighted by atomic mass is 9.97. The normalized spacial score (nSPS) is 17.9. The van der Waals surface area contributed by atoms with Crippen molar-refractivity contribution in [3.63, 3.8) is 0 Å². The lowest BCUT2D eigenvalue weighted by Gasteiger charge is -2.09. The first kappa shape index (κ1) is 9.12. The highest BCUT2D eigenvalue weighted by molar-refractivity contribution is 5.41. The third-order valence-electron chi connectivity index (χ3n) is 2.81. The molecule has 1 aliphatic rings. The van der Waals surface area contributed by atoms with Crippen molar-refractivity contribution in [2.75, 3.05) is 0 Å². The molecule has 0 spiro atoms. The molecule has 1 saturated carbocycles. The molecule has 3 nitrogen and oxygen atoms in total. The summed E-state index contributed by atoms with van der Waals surface area (Å²) in [6.07, 6.45) is 1.82. The molecule has 14 heavy (non-hydrogen) atoms. The van der Waals surface area contributed by atoms with E-state index in [1.54, 1.807) is 0 Å². The minimum atomic E-state index is -0.491. The first-order valence-corrected chi connectivity index (χ1v) is 4.47. The summed E-state index contributed by atoms with van der Waals surface area (Å²) in [5, 5.41) is 10.5. The Labute approximate surface area is 80.7 Å². The maximum atomic E-state index is 13.3. The Hall–Kier alpha value is -1.45. The predicted molar refractivity (Wildman–Crippen MR) is 49.6 cm³/mol. The van der Waals surface area contributed by atoms with E-state index in [-0.39, 0.29) is 16.9 Å². The first-order chi connectivity index (χ1) is 6.53. The summed E-state index contributed by atoms with van der Waals surface area (Å²) in [5.74, 6) is -0.337. The fraction of sp³-hybridized carbons (Fsp3) is 0.400. The first-order valence-electron chi connectivity index (χ1n) is 4.47. The van der Waals surface area contributed by atoms with Gasteiger partial charge < -0.3 is 0 Å². The zero-order valence-electron chi connectivity index (χ0n) is 7.79. The van der Waals surface area contributed by atoms with E-state index in [9.17, 15) is 14.5 Å². The molecule has 0 N–H and O–H groups in total. The van der Waals surface area contributed by atoms with Crippen LogP contribution in [0.3, 0.4) is 0 Å². The van der Waals surface area contributed by atoms with E-state index >= 15 is 0 Å². The number of nitro groups is 1. The minimum Gasteiger partial charge on any atom is -0.258 e. The van der Waals surface area contributed by atoms with Crippen LogP contribution in [0.25, 0.3) is 0 Å². The van der Waals surface area contributed by atoms with Crippen molar-refractivity contribution in [1.82, 2.24) is 0 Å². The molecule has 1 aliphatic carbocycles. The topological polar surface area (TPSA) is 43.1 Å². The second-order valence-electron chi connectivity index (χ2n) is 3.98. The third-order valence-corrected chi connectivity index (χ3v) is 2.81. The Balaban J connectivity index is 2.48. The van der Waals surface area contributed by atoms with Gasteiger partial charge in [-0.25, -0.2) is 4.39 Å². The van der Waals surface area contributed by atoms with Crippen LogP contribution in [-0.4, -0.2) is 4.92 Å². The SMILES string of the molecule is CC1(c2cc([N+](=O)[O-])ccc2F)CC1. The lowest BCUT2D eigenvalue weighted by molar-refractivity contribution is -0.385. The second kappa shape index (κ2) is 2.77. The number of hydrogen-bond acceptors (Lipinski definition) is 2. The fourth-order valence-electron chi connectivity index (χ4n) is 1.55. The lowest BCUT2D eigenvalue weighted by Crippen LogP contribution is -2.04. The molecule has 0 radical (unpaired) electrons. The van der Waals surface area contributed by atoms with Crippen LogP contribution in [0.4, 0.5) is 10.1 Å². The standard InChI is InChI=1S/C10H10FNO2/c1-10(4-5-10)8-6-7(12(13)14)2-3-9(8)11/h2-3,6H,4-5H2,1H3. The summed E-state index contributed by atoms with van der Waals surface area (Å²) >= 11 is 0. The van der Waals surface area contributed by atoms with Gasteiger partial charge in [0.05, 0.1) is 4.92 Å². The van der Waals surface area contributed by atoms with Gasteiger partial charge in [-0.3, -0.25) is 10.1 Å². The average molecular weight is 195 g/mol. The number of halogens is 1. The summed E-state index contributed by atoms with van der Waals surface area (Å²) in [4.78, 5) is 10.0. The van der Waals surface area contributed by atoms with Gasteiger partial charge in [0.15, 0.2) is 0 Å². The van der Waals surface area contributed by atoms with Gasteiger partial charge in [0.2, 0.25) is 0 Å². The van der Waals surface area contributed by atoms with Crippen molar-refractivity contribution in [3.05, 3.63) is 39.7 Å². The number of nitrogens with zero attached hydrogens (tertiary/aromatic N) is 1. The number of benzene rings is 1. The zero-order chi connectivity index (χ0) is 10.3. The number of rotatable bonds is 2. The Morgan fingerprint density at radius 2 is 2.14 bits per heavy atom. The van der Waals surface area contributed by atoms with E-state index in [2.05, 4.69) is 0 Å². The van der Waals surface area contributed by atoms with Crippen LogP contribution in [0, 0.1) is 15.9 Å². The molecule has 1 aromatic carbocycles. The van der Waals surface area contributed by atoms with Crippen LogP contribution in [0.5, 0.6) is 0 Å². The molecule has 0 saturated heterocycles. The molecular weight excluding hydrogens is 185 g/mol. The van der Waals surface area contributed by atoms with Crippen LogP contribution >= 0.6 is 0 Å². The monoisotopic (exact) mass is 195 g/mol. The van der Waals surface area contributed by atoms with Crippen molar-refractivity contribution in [3.8, 4) is 0 Å². The van der Waals surface area contributed by atoms with E-state index < -0.39 is 4.92 Å². The Bertz CT molecular complexity index is 399. The molecule has 0 aromatic heterocycles.